The smallest absolute Gasteiger partial charge is 0.263 e. The maximum Gasteiger partial charge on any atom is 0.263 e. The van der Waals surface area contributed by atoms with Crippen molar-refractivity contribution in [2.24, 2.45) is 0 Å². The van der Waals surface area contributed by atoms with Crippen LogP contribution in [0, 0.1) is 0 Å². The molecule has 0 radical (unpaired) electrons. The normalized spacial score (nSPS) is 16.3. The molecule has 3 aromatic rings. The Hall–Kier alpha value is -1.98. The molecule has 1 aliphatic heterocycles. The molecule has 0 N–H and O–H groups in total. The number of hydrogen-bond donors (Lipinski definition) is 0. The highest BCUT2D eigenvalue weighted by Gasteiger charge is 2.26. The second-order valence-corrected chi connectivity index (χ2v) is 9.07. The van der Waals surface area contributed by atoms with Gasteiger partial charge in [-0.1, -0.05) is 45.0 Å². The summed E-state index contributed by atoms with van der Waals surface area (Å²) in [5.41, 5.74) is 3.58. The van der Waals surface area contributed by atoms with Gasteiger partial charge in [0.2, 0.25) is 0 Å². The lowest BCUT2D eigenvalue weighted by molar-refractivity contribution is 0.215. The van der Waals surface area contributed by atoms with Crippen molar-refractivity contribution in [1.82, 2.24) is 14.5 Å². The van der Waals surface area contributed by atoms with Crippen LogP contribution in [0.5, 0.6) is 0 Å². The van der Waals surface area contributed by atoms with Gasteiger partial charge in [-0.2, -0.15) is 0 Å². The van der Waals surface area contributed by atoms with E-state index in [9.17, 15) is 4.79 Å². The number of piperidine rings is 1. The van der Waals surface area contributed by atoms with Gasteiger partial charge in [0, 0.05) is 22.9 Å². The molecule has 0 spiro atoms. The van der Waals surface area contributed by atoms with Gasteiger partial charge in [0.25, 0.3) is 5.56 Å². The number of likely N-dealkylation sites (tertiary alicyclic amines) is 1. The molecular weight excluding hydrogens is 366 g/mol. The van der Waals surface area contributed by atoms with Crippen molar-refractivity contribution in [3.05, 3.63) is 51.4 Å². The first-order valence-corrected chi connectivity index (χ1v) is 11.2. The number of aryl methyl sites for hydroxylation is 1. The number of aromatic nitrogens is 2. The first kappa shape index (κ1) is 19.3. The van der Waals surface area contributed by atoms with Gasteiger partial charge in [0.1, 0.15) is 10.7 Å². The van der Waals surface area contributed by atoms with E-state index >= 15 is 0 Å². The standard InChI is InChI=1S/C23H29N3OS/c1-5-16-6-8-17(9-7-16)19-14-28-22-20(19)23(27)26(21(24-22)15(2)3)18-10-12-25(4)13-11-18/h6-9,14-15,18H,5,10-13H2,1-4H3. The van der Waals surface area contributed by atoms with Crippen LogP contribution < -0.4 is 5.56 Å². The van der Waals surface area contributed by atoms with Crippen molar-refractivity contribution in [2.75, 3.05) is 20.1 Å². The first-order valence-electron chi connectivity index (χ1n) is 10.3. The Balaban J connectivity index is 1.88. The zero-order chi connectivity index (χ0) is 19.8. The summed E-state index contributed by atoms with van der Waals surface area (Å²) < 4.78 is 2.02. The van der Waals surface area contributed by atoms with Crippen LogP contribution in [0.2, 0.25) is 0 Å². The molecule has 1 aliphatic rings. The SMILES string of the molecule is CCc1ccc(-c2csc3nc(C(C)C)n(C4CCN(C)CC4)c(=O)c23)cc1. The summed E-state index contributed by atoms with van der Waals surface area (Å²) in [5, 5.41) is 2.89. The molecule has 1 saturated heterocycles. The van der Waals surface area contributed by atoms with E-state index in [1.807, 2.05) is 4.57 Å². The summed E-state index contributed by atoms with van der Waals surface area (Å²) >= 11 is 1.59. The molecule has 0 saturated carbocycles. The second-order valence-electron chi connectivity index (χ2n) is 8.21. The topological polar surface area (TPSA) is 38.1 Å². The molecule has 148 valence electrons. The Bertz CT molecular complexity index is 1020. The zero-order valence-corrected chi connectivity index (χ0v) is 18.1. The number of benzene rings is 1. The fourth-order valence-corrected chi connectivity index (χ4v) is 5.11. The van der Waals surface area contributed by atoms with Crippen LogP contribution in [-0.4, -0.2) is 34.6 Å². The number of rotatable bonds is 4. The van der Waals surface area contributed by atoms with E-state index in [2.05, 4.69) is 62.4 Å². The molecule has 1 aromatic carbocycles. The van der Waals surface area contributed by atoms with E-state index in [0.717, 1.165) is 59.5 Å². The van der Waals surface area contributed by atoms with Crippen LogP contribution in [0.25, 0.3) is 21.3 Å². The number of thiophene rings is 1. The van der Waals surface area contributed by atoms with Gasteiger partial charge < -0.3 is 4.90 Å². The lowest BCUT2D eigenvalue weighted by Crippen LogP contribution is -2.37. The van der Waals surface area contributed by atoms with Crippen LogP contribution in [-0.2, 0) is 6.42 Å². The third-order valence-electron chi connectivity index (χ3n) is 5.91. The molecule has 0 unspecified atom stereocenters. The van der Waals surface area contributed by atoms with E-state index in [4.69, 9.17) is 4.98 Å². The number of fused-ring (bicyclic) bond motifs is 1. The largest absolute Gasteiger partial charge is 0.306 e. The van der Waals surface area contributed by atoms with Gasteiger partial charge in [-0.3, -0.25) is 9.36 Å². The third-order valence-corrected chi connectivity index (χ3v) is 6.78. The summed E-state index contributed by atoms with van der Waals surface area (Å²) in [5.74, 6) is 1.16. The molecule has 0 aliphatic carbocycles. The monoisotopic (exact) mass is 395 g/mol. The fraction of sp³-hybridized carbons (Fsp3) is 0.478. The Morgan fingerprint density at radius 2 is 1.86 bits per heavy atom. The van der Waals surface area contributed by atoms with Gasteiger partial charge in [-0.15, -0.1) is 11.3 Å². The number of hydrogen-bond acceptors (Lipinski definition) is 4. The highest BCUT2D eigenvalue weighted by atomic mass is 32.1. The van der Waals surface area contributed by atoms with E-state index in [-0.39, 0.29) is 17.5 Å². The van der Waals surface area contributed by atoms with Gasteiger partial charge in [-0.05, 0) is 50.5 Å². The molecular formula is C23H29N3OS. The lowest BCUT2D eigenvalue weighted by atomic mass is 10.0. The number of nitrogens with zero attached hydrogens (tertiary/aromatic N) is 3. The van der Waals surface area contributed by atoms with Gasteiger partial charge in [0.15, 0.2) is 0 Å². The minimum absolute atomic E-state index is 0.138. The third kappa shape index (κ3) is 3.42. The summed E-state index contributed by atoms with van der Waals surface area (Å²) in [6, 6.07) is 8.83. The first-order chi connectivity index (χ1) is 13.5. The van der Waals surface area contributed by atoms with Crippen LogP contribution in [0.3, 0.4) is 0 Å². The molecule has 2 aromatic heterocycles. The Morgan fingerprint density at radius 1 is 1.18 bits per heavy atom. The van der Waals surface area contributed by atoms with Gasteiger partial charge in [-0.25, -0.2) is 4.98 Å². The van der Waals surface area contributed by atoms with Gasteiger partial charge in [0.05, 0.1) is 5.39 Å². The predicted octanol–water partition coefficient (Wildman–Crippen LogP) is 5.08. The maximum atomic E-state index is 13.7. The van der Waals surface area contributed by atoms with Crippen molar-refractivity contribution >= 4 is 21.6 Å². The van der Waals surface area contributed by atoms with Crippen molar-refractivity contribution in [3.8, 4) is 11.1 Å². The summed E-state index contributed by atoms with van der Waals surface area (Å²) in [4.78, 5) is 21.9. The van der Waals surface area contributed by atoms with Crippen LogP contribution in [0.4, 0.5) is 0 Å². The molecule has 0 atom stereocenters. The van der Waals surface area contributed by atoms with Crippen molar-refractivity contribution in [2.45, 2.75) is 52.0 Å². The fourth-order valence-electron chi connectivity index (χ4n) is 4.16. The molecule has 0 bridgehead atoms. The van der Waals surface area contributed by atoms with Crippen molar-refractivity contribution in [3.63, 3.8) is 0 Å². The van der Waals surface area contributed by atoms with Crippen LogP contribution in [0.15, 0.2) is 34.4 Å². The average Bonchev–Trinajstić information content (AvgIpc) is 3.13. The van der Waals surface area contributed by atoms with Crippen LogP contribution in [0.1, 0.15) is 57.0 Å². The lowest BCUT2D eigenvalue weighted by Gasteiger charge is -2.32. The summed E-state index contributed by atoms with van der Waals surface area (Å²) in [7, 11) is 2.15. The Kier molecular flexibility index (Phi) is 5.39. The zero-order valence-electron chi connectivity index (χ0n) is 17.2. The molecule has 4 nitrogen and oxygen atoms in total. The molecule has 4 rings (SSSR count). The molecule has 28 heavy (non-hydrogen) atoms. The van der Waals surface area contributed by atoms with E-state index < -0.39 is 0 Å². The molecule has 5 heteroatoms. The van der Waals surface area contributed by atoms with E-state index in [1.54, 1.807) is 11.3 Å². The predicted molar refractivity (Wildman–Crippen MR) is 119 cm³/mol. The Labute approximate surface area is 170 Å². The second kappa shape index (κ2) is 7.80. The molecule has 0 amide bonds. The van der Waals surface area contributed by atoms with E-state index in [0.29, 0.717) is 0 Å². The average molecular weight is 396 g/mol. The minimum atomic E-state index is 0.138. The summed E-state index contributed by atoms with van der Waals surface area (Å²) in [6.07, 6.45) is 3.04. The summed E-state index contributed by atoms with van der Waals surface area (Å²) in [6.45, 7) is 8.49. The molecule has 3 heterocycles. The van der Waals surface area contributed by atoms with Crippen molar-refractivity contribution < 1.29 is 0 Å². The minimum Gasteiger partial charge on any atom is -0.306 e. The van der Waals surface area contributed by atoms with E-state index in [1.165, 1.54) is 5.56 Å². The quantitative estimate of drug-likeness (QED) is 0.618. The Morgan fingerprint density at radius 3 is 2.46 bits per heavy atom. The highest BCUT2D eigenvalue weighted by molar-refractivity contribution is 7.17. The highest BCUT2D eigenvalue weighted by Crippen LogP contribution is 2.33. The van der Waals surface area contributed by atoms with Crippen molar-refractivity contribution in [1.29, 1.82) is 0 Å². The molecule has 1 fully saturated rings. The van der Waals surface area contributed by atoms with Crippen LogP contribution >= 0.6 is 11.3 Å². The van der Waals surface area contributed by atoms with Gasteiger partial charge >= 0.3 is 0 Å². The maximum absolute atomic E-state index is 13.7.